The Balaban J connectivity index is 1.81. The van der Waals surface area contributed by atoms with Gasteiger partial charge in [0.1, 0.15) is 0 Å². The SMILES string of the molecule is CC1CC(C)C(C)N(CCC2CCCC2O)C1. The maximum absolute atomic E-state index is 9.87. The third-order valence-electron chi connectivity index (χ3n) is 5.13. The van der Waals surface area contributed by atoms with Crippen LogP contribution in [0.3, 0.4) is 0 Å². The average Bonchev–Trinajstić information content (AvgIpc) is 2.67. The minimum atomic E-state index is -0.00931. The van der Waals surface area contributed by atoms with Crippen LogP contribution in [0.2, 0.25) is 0 Å². The standard InChI is InChI=1S/C15H29NO/c1-11-9-12(2)13(3)16(10-11)8-7-14-5-4-6-15(14)17/h11-15,17H,4-10H2,1-3H3. The van der Waals surface area contributed by atoms with Gasteiger partial charge in [-0.05, 0) is 56.9 Å². The number of hydrogen-bond acceptors (Lipinski definition) is 2. The lowest BCUT2D eigenvalue weighted by molar-refractivity contribution is 0.0615. The molecule has 5 unspecified atom stereocenters. The monoisotopic (exact) mass is 239 g/mol. The number of piperidine rings is 1. The van der Waals surface area contributed by atoms with E-state index in [1.807, 2.05) is 0 Å². The maximum atomic E-state index is 9.87. The van der Waals surface area contributed by atoms with Crippen LogP contribution < -0.4 is 0 Å². The molecule has 1 N–H and O–H groups in total. The minimum Gasteiger partial charge on any atom is -0.393 e. The molecule has 0 aromatic rings. The molecule has 100 valence electrons. The van der Waals surface area contributed by atoms with E-state index in [2.05, 4.69) is 25.7 Å². The summed E-state index contributed by atoms with van der Waals surface area (Å²) in [5, 5.41) is 9.87. The van der Waals surface area contributed by atoms with E-state index in [0.29, 0.717) is 5.92 Å². The molecule has 2 nitrogen and oxygen atoms in total. The molecular weight excluding hydrogens is 210 g/mol. The van der Waals surface area contributed by atoms with E-state index in [4.69, 9.17) is 0 Å². The highest BCUT2D eigenvalue weighted by molar-refractivity contribution is 4.84. The Morgan fingerprint density at radius 1 is 1.18 bits per heavy atom. The van der Waals surface area contributed by atoms with Gasteiger partial charge in [-0.25, -0.2) is 0 Å². The highest BCUT2D eigenvalue weighted by Crippen LogP contribution is 2.31. The zero-order valence-corrected chi connectivity index (χ0v) is 11.7. The van der Waals surface area contributed by atoms with Crippen LogP contribution in [0, 0.1) is 17.8 Å². The van der Waals surface area contributed by atoms with Crippen LogP contribution >= 0.6 is 0 Å². The third kappa shape index (κ3) is 3.23. The summed E-state index contributed by atoms with van der Waals surface area (Å²) in [5.41, 5.74) is 0. The van der Waals surface area contributed by atoms with Crippen molar-refractivity contribution in [3.05, 3.63) is 0 Å². The van der Waals surface area contributed by atoms with Crippen molar-refractivity contribution in [3.8, 4) is 0 Å². The van der Waals surface area contributed by atoms with Crippen LogP contribution in [0.4, 0.5) is 0 Å². The summed E-state index contributed by atoms with van der Waals surface area (Å²) >= 11 is 0. The summed E-state index contributed by atoms with van der Waals surface area (Å²) in [6.07, 6.45) is 6.08. The molecular formula is C15H29NO. The second-order valence-electron chi connectivity index (χ2n) is 6.60. The lowest BCUT2D eigenvalue weighted by Crippen LogP contribution is -2.46. The lowest BCUT2D eigenvalue weighted by atomic mass is 9.85. The Bertz CT molecular complexity index is 243. The quantitative estimate of drug-likeness (QED) is 0.818. The Morgan fingerprint density at radius 3 is 2.59 bits per heavy atom. The number of aliphatic hydroxyl groups excluding tert-OH is 1. The topological polar surface area (TPSA) is 23.5 Å². The van der Waals surface area contributed by atoms with E-state index in [1.165, 1.54) is 38.8 Å². The summed E-state index contributed by atoms with van der Waals surface area (Å²) < 4.78 is 0. The Morgan fingerprint density at radius 2 is 1.94 bits per heavy atom. The second kappa shape index (κ2) is 5.71. The van der Waals surface area contributed by atoms with Crippen molar-refractivity contribution in [2.45, 2.75) is 65.0 Å². The molecule has 1 saturated heterocycles. The minimum absolute atomic E-state index is 0.00931. The highest BCUT2D eigenvalue weighted by Gasteiger charge is 2.30. The average molecular weight is 239 g/mol. The van der Waals surface area contributed by atoms with Crippen molar-refractivity contribution in [1.29, 1.82) is 0 Å². The van der Waals surface area contributed by atoms with Crippen LogP contribution in [0.5, 0.6) is 0 Å². The van der Waals surface area contributed by atoms with Crippen molar-refractivity contribution in [2.75, 3.05) is 13.1 Å². The fourth-order valence-corrected chi connectivity index (χ4v) is 3.81. The number of nitrogens with zero attached hydrogens (tertiary/aromatic N) is 1. The normalized spacial score (nSPS) is 44.1. The van der Waals surface area contributed by atoms with E-state index in [0.717, 1.165) is 24.3 Å². The molecule has 1 saturated carbocycles. The van der Waals surface area contributed by atoms with Gasteiger partial charge in [0.25, 0.3) is 0 Å². The van der Waals surface area contributed by atoms with Crippen molar-refractivity contribution >= 4 is 0 Å². The first-order valence-electron chi connectivity index (χ1n) is 7.50. The van der Waals surface area contributed by atoms with Gasteiger partial charge < -0.3 is 10.0 Å². The molecule has 0 bridgehead atoms. The molecule has 5 atom stereocenters. The van der Waals surface area contributed by atoms with Crippen molar-refractivity contribution in [1.82, 2.24) is 4.90 Å². The van der Waals surface area contributed by atoms with E-state index in [9.17, 15) is 5.11 Å². The van der Waals surface area contributed by atoms with Crippen LogP contribution in [0.15, 0.2) is 0 Å². The summed E-state index contributed by atoms with van der Waals surface area (Å²) in [6.45, 7) is 9.59. The van der Waals surface area contributed by atoms with Gasteiger partial charge in [-0.2, -0.15) is 0 Å². The van der Waals surface area contributed by atoms with Crippen LogP contribution in [0.25, 0.3) is 0 Å². The lowest BCUT2D eigenvalue weighted by Gasteiger charge is -2.41. The van der Waals surface area contributed by atoms with Crippen LogP contribution in [-0.2, 0) is 0 Å². The molecule has 2 aliphatic rings. The van der Waals surface area contributed by atoms with Gasteiger partial charge in [-0.3, -0.25) is 0 Å². The van der Waals surface area contributed by atoms with Crippen molar-refractivity contribution in [3.63, 3.8) is 0 Å². The predicted molar refractivity (Wildman–Crippen MR) is 71.9 cm³/mol. The van der Waals surface area contributed by atoms with Crippen molar-refractivity contribution in [2.24, 2.45) is 17.8 Å². The van der Waals surface area contributed by atoms with E-state index in [-0.39, 0.29) is 6.10 Å². The summed E-state index contributed by atoms with van der Waals surface area (Å²) in [6, 6.07) is 0.727. The maximum Gasteiger partial charge on any atom is 0.0568 e. The fraction of sp³-hybridized carbons (Fsp3) is 1.00. The molecule has 0 aromatic heterocycles. The Labute approximate surface area is 106 Å². The first-order chi connectivity index (χ1) is 8.08. The van der Waals surface area contributed by atoms with Gasteiger partial charge >= 0.3 is 0 Å². The second-order valence-corrected chi connectivity index (χ2v) is 6.60. The van der Waals surface area contributed by atoms with Gasteiger partial charge in [0.15, 0.2) is 0 Å². The predicted octanol–water partition coefficient (Wildman–Crippen LogP) is 2.90. The number of aliphatic hydroxyl groups is 1. The van der Waals surface area contributed by atoms with Gasteiger partial charge in [0.05, 0.1) is 6.10 Å². The Kier molecular flexibility index (Phi) is 4.48. The van der Waals surface area contributed by atoms with Crippen molar-refractivity contribution < 1.29 is 5.11 Å². The molecule has 0 amide bonds. The van der Waals surface area contributed by atoms with E-state index < -0.39 is 0 Å². The Hall–Kier alpha value is -0.0800. The summed E-state index contributed by atoms with van der Waals surface area (Å²) in [7, 11) is 0. The largest absolute Gasteiger partial charge is 0.393 e. The zero-order chi connectivity index (χ0) is 12.4. The fourth-order valence-electron chi connectivity index (χ4n) is 3.81. The van der Waals surface area contributed by atoms with E-state index in [1.54, 1.807) is 0 Å². The zero-order valence-electron chi connectivity index (χ0n) is 11.7. The summed E-state index contributed by atoms with van der Waals surface area (Å²) in [5.74, 6) is 2.25. The van der Waals surface area contributed by atoms with Gasteiger partial charge in [-0.1, -0.05) is 20.3 Å². The van der Waals surface area contributed by atoms with Gasteiger partial charge in [0.2, 0.25) is 0 Å². The first kappa shape index (κ1) is 13.4. The molecule has 0 aromatic carbocycles. The summed E-state index contributed by atoms with van der Waals surface area (Å²) in [4.78, 5) is 2.66. The van der Waals surface area contributed by atoms with E-state index >= 15 is 0 Å². The van der Waals surface area contributed by atoms with Crippen LogP contribution in [-0.4, -0.2) is 35.2 Å². The molecule has 0 radical (unpaired) electrons. The molecule has 0 spiro atoms. The highest BCUT2D eigenvalue weighted by atomic mass is 16.3. The van der Waals surface area contributed by atoms with Gasteiger partial charge in [-0.15, -0.1) is 0 Å². The first-order valence-corrected chi connectivity index (χ1v) is 7.50. The number of hydrogen-bond donors (Lipinski definition) is 1. The molecule has 2 fully saturated rings. The molecule has 2 heteroatoms. The molecule has 2 rings (SSSR count). The van der Waals surface area contributed by atoms with Gasteiger partial charge in [0, 0.05) is 12.6 Å². The smallest absolute Gasteiger partial charge is 0.0568 e. The number of rotatable bonds is 3. The molecule has 1 aliphatic heterocycles. The van der Waals surface area contributed by atoms with Crippen LogP contribution in [0.1, 0.15) is 52.9 Å². The molecule has 1 aliphatic carbocycles. The number of likely N-dealkylation sites (tertiary alicyclic amines) is 1. The molecule has 17 heavy (non-hydrogen) atoms. The molecule has 1 heterocycles. The third-order valence-corrected chi connectivity index (χ3v) is 5.13.